The van der Waals surface area contributed by atoms with Gasteiger partial charge in [-0.15, -0.1) is 0 Å². The van der Waals surface area contributed by atoms with Gasteiger partial charge in [0.25, 0.3) is 5.91 Å². The number of halogens is 1. The average Bonchev–Trinajstić information content (AvgIpc) is 3.02. The second-order valence-electron chi connectivity index (χ2n) is 8.02. The molecular formula is C23H42IN3O. The number of hydrogen-bond acceptors (Lipinski definition) is 2. The molecule has 0 saturated carbocycles. The molecule has 28 heavy (non-hydrogen) atoms. The number of carbonyl (C=O) groups excluding carboxylic acids is 1. The molecule has 0 aliphatic rings. The van der Waals surface area contributed by atoms with Gasteiger partial charge in [0.1, 0.15) is 5.69 Å². The first kappa shape index (κ1) is 25.4. The van der Waals surface area contributed by atoms with Crippen LogP contribution in [0.3, 0.4) is 0 Å². The van der Waals surface area contributed by atoms with Crippen molar-refractivity contribution in [2.45, 2.75) is 110 Å². The number of amides is 1. The molecule has 5 heteroatoms. The number of hydrogen-bond donors (Lipinski definition) is 1. The van der Waals surface area contributed by atoms with Gasteiger partial charge in [0.05, 0.1) is 9.77 Å². The predicted molar refractivity (Wildman–Crippen MR) is 128 cm³/mol. The first-order chi connectivity index (χ1) is 13.7. The second-order valence-corrected chi connectivity index (χ2v) is 9.19. The third kappa shape index (κ3) is 12.1. The van der Waals surface area contributed by atoms with Crippen LogP contribution >= 0.6 is 22.6 Å². The van der Waals surface area contributed by atoms with Crippen LogP contribution in [0.1, 0.15) is 120 Å². The van der Waals surface area contributed by atoms with Crippen molar-refractivity contribution >= 4 is 28.5 Å². The lowest BCUT2D eigenvalue weighted by Crippen LogP contribution is -2.27. The molecule has 0 aliphatic carbocycles. The van der Waals surface area contributed by atoms with Crippen molar-refractivity contribution in [2.75, 3.05) is 6.54 Å². The zero-order valence-electron chi connectivity index (χ0n) is 18.3. The van der Waals surface area contributed by atoms with E-state index in [2.05, 4.69) is 39.9 Å². The molecule has 0 atom stereocenters. The first-order valence-electron chi connectivity index (χ1n) is 11.6. The summed E-state index contributed by atoms with van der Waals surface area (Å²) in [6.07, 6.45) is 23.6. The Bertz CT molecular complexity index is 496. The zero-order chi connectivity index (χ0) is 20.5. The minimum absolute atomic E-state index is 0.00893. The van der Waals surface area contributed by atoms with Gasteiger partial charge in [0.2, 0.25) is 0 Å². The van der Waals surface area contributed by atoms with Crippen LogP contribution in [-0.4, -0.2) is 22.2 Å². The standard InChI is InChI=1S/C23H42IN3O/c1-3-4-5-6-7-8-9-10-11-12-13-14-15-16-17-18-19-25-23(28)22-21(24)20-26-27(22)2/h20H,3-19H2,1-2H3,(H,25,28). The number of aromatic nitrogens is 2. The molecule has 0 fully saturated rings. The molecule has 1 heterocycles. The summed E-state index contributed by atoms with van der Waals surface area (Å²) in [6, 6.07) is 0. The highest BCUT2D eigenvalue weighted by molar-refractivity contribution is 14.1. The van der Waals surface area contributed by atoms with E-state index in [0.717, 1.165) is 16.5 Å². The van der Waals surface area contributed by atoms with Crippen LogP contribution in [-0.2, 0) is 7.05 Å². The van der Waals surface area contributed by atoms with Crippen molar-refractivity contribution in [3.8, 4) is 0 Å². The Balaban J connectivity index is 1.80. The largest absolute Gasteiger partial charge is 0.351 e. The van der Waals surface area contributed by atoms with Crippen molar-refractivity contribution in [3.63, 3.8) is 0 Å². The number of nitrogens with one attached hydrogen (secondary N) is 1. The van der Waals surface area contributed by atoms with E-state index in [4.69, 9.17) is 0 Å². The Labute approximate surface area is 186 Å². The summed E-state index contributed by atoms with van der Waals surface area (Å²) in [4.78, 5) is 12.1. The highest BCUT2D eigenvalue weighted by Crippen LogP contribution is 2.14. The minimum Gasteiger partial charge on any atom is -0.351 e. The molecule has 0 spiro atoms. The fraction of sp³-hybridized carbons (Fsp3) is 0.826. The summed E-state index contributed by atoms with van der Waals surface area (Å²) in [7, 11) is 1.81. The van der Waals surface area contributed by atoms with Crippen LogP contribution < -0.4 is 5.32 Å². The zero-order valence-corrected chi connectivity index (χ0v) is 20.4. The fourth-order valence-corrected chi connectivity index (χ4v) is 4.34. The Kier molecular flexibility index (Phi) is 15.7. The van der Waals surface area contributed by atoms with Gasteiger partial charge >= 0.3 is 0 Å². The van der Waals surface area contributed by atoms with Crippen LogP contribution in [0.4, 0.5) is 0 Å². The Morgan fingerprint density at radius 1 is 0.857 bits per heavy atom. The summed E-state index contributed by atoms with van der Waals surface area (Å²) >= 11 is 2.16. The molecular weight excluding hydrogens is 461 g/mol. The summed E-state index contributed by atoms with van der Waals surface area (Å²) in [5.74, 6) is -0.00893. The predicted octanol–water partition coefficient (Wildman–Crippen LogP) is 7.02. The molecule has 0 unspecified atom stereocenters. The SMILES string of the molecule is CCCCCCCCCCCCCCCCCCNC(=O)c1c(I)cnn1C. The summed E-state index contributed by atoms with van der Waals surface area (Å²) < 4.78 is 2.55. The Morgan fingerprint density at radius 3 is 1.68 bits per heavy atom. The fourth-order valence-electron chi connectivity index (χ4n) is 3.62. The van der Waals surface area contributed by atoms with Crippen LogP contribution in [0.5, 0.6) is 0 Å². The van der Waals surface area contributed by atoms with E-state index < -0.39 is 0 Å². The molecule has 4 nitrogen and oxygen atoms in total. The molecule has 0 aliphatic heterocycles. The van der Waals surface area contributed by atoms with Gasteiger partial charge in [-0.1, -0.05) is 103 Å². The third-order valence-electron chi connectivity index (χ3n) is 5.43. The van der Waals surface area contributed by atoms with Crippen molar-refractivity contribution in [1.82, 2.24) is 15.1 Å². The number of carbonyl (C=O) groups is 1. The summed E-state index contributed by atoms with van der Waals surface area (Å²) in [6.45, 7) is 3.05. The van der Waals surface area contributed by atoms with Gasteiger partial charge in [0, 0.05) is 13.6 Å². The van der Waals surface area contributed by atoms with E-state index in [1.165, 1.54) is 96.3 Å². The first-order valence-corrected chi connectivity index (χ1v) is 12.7. The maximum absolute atomic E-state index is 12.1. The van der Waals surface area contributed by atoms with E-state index in [0.29, 0.717) is 5.69 Å². The Hall–Kier alpha value is -0.590. The molecule has 0 radical (unpaired) electrons. The molecule has 1 amide bonds. The molecule has 1 aromatic rings. The smallest absolute Gasteiger partial charge is 0.270 e. The van der Waals surface area contributed by atoms with Crippen LogP contribution in [0, 0.1) is 3.57 Å². The molecule has 1 aromatic heterocycles. The monoisotopic (exact) mass is 503 g/mol. The number of rotatable bonds is 18. The van der Waals surface area contributed by atoms with Gasteiger partial charge in [-0.3, -0.25) is 9.48 Å². The van der Waals surface area contributed by atoms with Crippen molar-refractivity contribution in [1.29, 1.82) is 0 Å². The van der Waals surface area contributed by atoms with Gasteiger partial charge in [0.15, 0.2) is 0 Å². The summed E-state index contributed by atoms with van der Waals surface area (Å²) in [5.41, 5.74) is 0.664. The van der Waals surface area contributed by atoms with E-state index in [-0.39, 0.29) is 5.91 Å². The van der Waals surface area contributed by atoms with Crippen LogP contribution in [0.2, 0.25) is 0 Å². The van der Waals surface area contributed by atoms with Gasteiger partial charge in [-0.05, 0) is 29.0 Å². The highest BCUT2D eigenvalue weighted by Gasteiger charge is 2.14. The van der Waals surface area contributed by atoms with Gasteiger partial charge in [-0.25, -0.2) is 0 Å². The topological polar surface area (TPSA) is 46.9 Å². The lowest BCUT2D eigenvalue weighted by Gasteiger charge is -2.06. The minimum atomic E-state index is -0.00893. The molecule has 0 aromatic carbocycles. The quantitative estimate of drug-likeness (QED) is 0.173. The van der Waals surface area contributed by atoms with Gasteiger partial charge < -0.3 is 5.32 Å². The average molecular weight is 504 g/mol. The van der Waals surface area contributed by atoms with Crippen molar-refractivity contribution < 1.29 is 4.79 Å². The normalized spacial score (nSPS) is 11.1. The van der Waals surface area contributed by atoms with Crippen LogP contribution in [0.25, 0.3) is 0 Å². The Morgan fingerprint density at radius 2 is 1.29 bits per heavy atom. The molecule has 1 N–H and O–H groups in total. The maximum Gasteiger partial charge on any atom is 0.270 e. The molecule has 162 valence electrons. The maximum atomic E-state index is 12.1. The van der Waals surface area contributed by atoms with E-state index >= 15 is 0 Å². The van der Waals surface area contributed by atoms with Crippen molar-refractivity contribution in [2.24, 2.45) is 7.05 Å². The number of unbranched alkanes of at least 4 members (excludes halogenated alkanes) is 15. The lowest BCUT2D eigenvalue weighted by atomic mass is 10.0. The van der Waals surface area contributed by atoms with Crippen molar-refractivity contribution in [3.05, 3.63) is 15.5 Å². The summed E-state index contributed by atoms with van der Waals surface area (Å²) in [5, 5.41) is 7.12. The van der Waals surface area contributed by atoms with E-state index in [1.807, 2.05) is 7.05 Å². The highest BCUT2D eigenvalue weighted by atomic mass is 127. The van der Waals surface area contributed by atoms with Gasteiger partial charge in [-0.2, -0.15) is 5.10 Å². The van der Waals surface area contributed by atoms with E-state index in [9.17, 15) is 4.79 Å². The molecule has 0 bridgehead atoms. The second kappa shape index (κ2) is 17.3. The molecule has 0 saturated heterocycles. The third-order valence-corrected chi connectivity index (χ3v) is 6.21. The van der Waals surface area contributed by atoms with E-state index in [1.54, 1.807) is 10.9 Å². The molecule has 1 rings (SSSR count). The number of nitrogens with zero attached hydrogens (tertiary/aromatic N) is 2. The lowest BCUT2D eigenvalue weighted by molar-refractivity contribution is 0.0942. The van der Waals surface area contributed by atoms with Crippen LogP contribution in [0.15, 0.2) is 6.20 Å². The number of aryl methyl sites for hydroxylation is 1.